The maximum Gasteiger partial charge on any atom is 0.362 e. The van der Waals surface area contributed by atoms with Crippen LogP contribution >= 0.6 is 11.3 Å². The number of hydrogen-bond acceptors (Lipinski definition) is 13. The predicted molar refractivity (Wildman–Crippen MR) is 119 cm³/mol. The highest BCUT2D eigenvalue weighted by atomic mass is 32.2. The van der Waals surface area contributed by atoms with Gasteiger partial charge in [-0.15, -0.1) is 21.5 Å². The molecule has 2 aromatic heterocycles. The van der Waals surface area contributed by atoms with Crippen molar-refractivity contribution in [3.8, 4) is 5.88 Å². The largest absolute Gasteiger partial charge is 0.473 e. The SMILES string of the molecule is C[C@H]1[C@H](CC(=O)/C(=N\OCCOc2ccc(C(=N)N)nn2)c2csc(N)n2)C(=O)N1S(=O)(=O)O. The first-order valence-electron chi connectivity index (χ1n) is 9.55. The molecule has 1 aliphatic heterocycles. The van der Waals surface area contributed by atoms with Crippen LogP contribution in [0.4, 0.5) is 5.13 Å². The summed E-state index contributed by atoms with van der Waals surface area (Å²) >= 11 is 1.06. The van der Waals surface area contributed by atoms with E-state index in [2.05, 4.69) is 20.3 Å². The molecule has 0 unspecified atom stereocenters. The summed E-state index contributed by atoms with van der Waals surface area (Å²) in [4.78, 5) is 34.1. The van der Waals surface area contributed by atoms with E-state index in [1.807, 2.05) is 0 Å². The number of anilines is 1. The first kappa shape index (κ1) is 24.9. The molecule has 0 spiro atoms. The van der Waals surface area contributed by atoms with Crippen LogP contribution in [0.1, 0.15) is 24.7 Å². The molecule has 182 valence electrons. The minimum atomic E-state index is -4.70. The summed E-state index contributed by atoms with van der Waals surface area (Å²) in [5.41, 5.74) is 11.0. The summed E-state index contributed by atoms with van der Waals surface area (Å²) in [5, 5.41) is 20.2. The van der Waals surface area contributed by atoms with E-state index in [9.17, 15) is 18.0 Å². The van der Waals surface area contributed by atoms with Crippen LogP contribution in [0.25, 0.3) is 0 Å². The lowest BCUT2D eigenvalue weighted by Gasteiger charge is -2.41. The number of thiazole rings is 1. The van der Waals surface area contributed by atoms with Gasteiger partial charge in [0.25, 0.3) is 0 Å². The maximum absolute atomic E-state index is 12.8. The Hall–Kier alpha value is -3.70. The number of ketones is 1. The van der Waals surface area contributed by atoms with E-state index < -0.39 is 34.0 Å². The zero-order valence-corrected chi connectivity index (χ0v) is 19.2. The van der Waals surface area contributed by atoms with Crippen molar-refractivity contribution >= 4 is 50.0 Å². The van der Waals surface area contributed by atoms with Crippen molar-refractivity contribution in [3.63, 3.8) is 0 Å². The molecule has 1 fully saturated rings. The van der Waals surface area contributed by atoms with E-state index in [1.54, 1.807) is 0 Å². The van der Waals surface area contributed by atoms with E-state index in [0.29, 0.717) is 4.31 Å². The van der Waals surface area contributed by atoms with E-state index in [4.69, 9.17) is 31.0 Å². The third-order valence-corrected chi connectivity index (χ3v) is 6.35. The van der Waals surface area contributed by atoms with Crippen molar-refractivity contribution < 1.29 is 32.1 Å². The molecule has 3 rings (SSSR count). The predicted octanol–water partition coefficient (Wildman–Crippen LogP) is -0.792. The quantitative estimate of drug-likeness (QED) is 0.0723. The highest BCUT2D eigenvalue weighted by Gasteiger charge is 2.51. The fourth-order valence-corrected chi connectivity index (χ4v) is 4.48. The average Bonchev–Trinajstić information content (AvgIpc) is 3.19. The van der Waals surface area contributed by atoms with E-state index in [-0.39, 0.29) is 53.6 Å². The summed E-state index contributed by atoms with van der Waals surface area (Å²) in [6.45, 7) is 1.28. The van der Waals surface area contributed by atoms with Crippen LogP contribution in [0, 0.1) is 11.3 Å². The Kier molecular flexibility index (Phi) is 7.38. The Morgan fingerprint density at radius 3 is 2.59 bits per heavy atom. The van der Waals surface area contributed by atoms with Gasteiger partial charge in [-0.3, -0.25) is 19.6 Å². The maximum atomic E-state index is 12.8. The van der Waals surface area contributed by atoms with Crippen LogP contribution in [0.5, 0.6) is 5.88 Å². The van der Waals surface area contributed by atoms with Crippen molar-refractivity contribution in [1.29, 1.82) is 5.41 Å². The molecule has 3 heterocycles. The molecular weight excluding hydrogens is 492 g/mol. The Labute approximate surface area is 197 Å². The van der Waals surface area contributed by atoms with Crippen LogP contribution in [0.2, 0.25) is 0 Å². The third-order valence-electron chi connectivity index (χ3n) is 4.67. The summed E-state index contributed by atoms with van der Waals surface area (Å²) < 4.78 is 37.2. The summed E-state index contributed by atoms with van der Waals surface area (Å²) in [7, 11) is -4.70. The molecular formula is C17H20N8O7S2. The highest BCUT2D eigenvalue weighted by molar-refractivity contribution is 7.84. The molecule has 6 N–H and O–H groups in total. The Morgan fingerprint density at radius 2 is 2.06 bits per heavy atom. The van der Waals surface area contributed by atoms with Crippen molar-refractivity contribution in [2.75, 3.05) is 18.9 Å². The zero-order valence-electron chi connectivity index (χ0n) is 17.6. The van der Waals surface area contributed by atoms with Crippen LogP contribution in [0.3, 0.4) is 0 Å². The smallest absolute Gasteiger partial charge is 0.362 e. The number of ether oxygens (including phenoxy) is 1. The van der Waals surface area contributed by atoms with E-state index >= 15 is 0 Å². The van der Waals surface area contributed by atoms with Gasteiger partial charge >= 0.3 is 10.3 Å². The van der Waals surface area contributed by atoms with Gasteiger partial charge in [-0.05, 0) is 13.0 Å². The number of oxime groups is 1. The normalized spacial score (nSPS) is 18.4. The Balaban J connectivity index is 1.61. The second kappa shape index (κ2) is 10.1. The second-order valence-corrected chi connectivity index (χ2v) is 9.13. The van der Waals surface area contributed by atoms with Gasteiger partial charge in [0.15, 0.2) is 23.2 Å². The van der Waals surface area contributed by atoms with Crippen molar-refractivity contribution in [3.05, 3.63) is 28.9 Å². The average molecular weight is 513 g/mol. The lowest BCUT2D eigenvalue weighted by atomic mass is 9.86. The number of amidine groups is 1. The molecule has 0 radical (unpaired) electrons. The Bertz CT molecular complexity index is 1230. The number of carbonyl (C=O) groups excluding carboxylic acids is 2. The van der Waals surface area contributed by atoms with E-state index in [0.717, 1.165) is 11.3 Å². The van der Waals surface area contributed by atoms with Gasteiger partial charge in [-0.2, -0.15) is 8.42 Å². The fraction of sp³-hybridized carbons (Fsp3) is 0.353. The number of β-lactam (4-membered cyclic amide) rings is 1. The van der Waals surface area contributed by atoms with Crippen LogP contribution in [0.15, 0.2) is 22.7 Å². The monoisotopic (exact) mass is 512 g/mol. The summed E-state index contributed by atoms with van der Waals surface area (Å²) in [6, 6.07) is 2.02. The molecule has 2 aromatic rings. The number of nitrogens with zero attached hydrogens (tertiary/aromatic N) is 5. The lowest BCUT2D eigenvalue weighted by molar-refractivity contribution is -0.147. The van der Waals surface area contributed by atoms with Gasteiger partial charge in [-0.25, -0.2) is 9.29 Å². The molecule has 34 heavy (non-hydrogen) atoms. The van der Waals surface area contributed by atoms with Gasteiger partial charge in [0.05, 0.1) is 12.0 Å². The van der Waals surface area contributed by atoms with Crippen LogP contribution in [-0.2, 0) is 24.7 Å². The number of aromatic nitrogens is 3. The summed E-state index contributed by atoms with van der Waals surface area (Å²) in [5.74, 6) is -2.57. The molecule has 15 nitrogen and oxygen atoms in total. The standard InChI is InChI=1S/C17H20N8O7S2/c1-8-9(16(27)25(8)34(28,29)30)6-12(26)14(11-7-33-17(20)21-11)24-32-5-4-31-13-3-2-10(15(18)19)22-23-13/h2-3,7-9H,4-6H2,1H3,(H3,18,19)(H2,20,21)(H,28,29,30)/b24-14-/t8-,9-/m0/s1. The van der Waals surface area contributed by atoms with Gasteiger partial charge in [-0.1, -0.05) is 5.16 Å². The number of rotatable bonds is 11. The van der Waals surface area contributed by atoms with Crippen molar-refractivity contribution in [2.45, 2.75) is 19.4 Å². The molecule has 1 saturated heterocycles. The molecule has 0 saturated carbocycles. The number of hydrogen-bond donors (Lipinski definition) is 4. The summed E-state index contributed by atoms with van der Waals surface area (Å²) in [6.07, 6.45) is -0.375. The van der Waals surface area contributed by atoms with Gasteiger partial charge in [0, 0.05) is 17.9 Å². The first-order chi connectivity index (χ1) is 16.0. The van der Waals surface area contributed by atoms with Crippen molar-refractivity contribution in [1.82, 2.24) is 19.5 Å². The van der Waals surface area contributed by atoms with Gasteiger partial charge < -0.3 is 21.0 Å². The van der Waals surface area contributed by atoms with Crippen LogP contribution in [-0.4, -0.2) is 75.0 Å². The van der Waals surface area contributed by atoms with Gasteiger partial charge in [0.1, 0.15) is 23.8 Å². The topological polar surface area (TPSA) is 237 Å². The molecule has 0 bridgehead atoms. The number of carbonyl (C=O) groups is 2. The minimum absolute atomic E-state index is 0.0141. The fourth-order valence-electron chi connectivity index (χ4n) is 3.00. The molecule has 0 aliphatic carbocycles. The molecule has 17 heteroatoms. The first-order valence-corrected chi connectivity index (χ1v) is 11.8. The van der Waals surface area contributed by atoms with Crippen molar-refractivity contribution in [2.24, 2.45) is 16.8 Å². The zero-order chi connectivity index (χ0) is 25.0. The minimum Gasteiger partial charge on any atom is -0.473 e. The van der Waals surface area contributed by atoms with E-state index in [1.165, 1.54) is 24.4 Å². The molecule has 2 atom stereocenters. The lowest BCUT2D eigenvalue weighted by Crippen LogP contribution is -2.62. The number of amides is 1. The third kappa shape index (κ3) is 5.61. The number of nitrogens with one attached hydrogen (secondary N) is 1. The Morgan fingerprint density at radius 1 is 1.32 bits per heavy atom. The molecule has 1 aliphatic rings. The highest BCUT2D eigenvalue weighted by Crippen LogP contribution is 2.32. The molecule has 1 amide bonds. The second-order valence-electron chi connectivity index (χ2n) is 6.95. The van der Waals surface area contributed by atoms with Gasteiger partial charge in [0.2, 0.25) is 11.8 Å². The number of Topliss-reactive ketones (excluding diaryl/α,β-unsaturated/α-hetero) is 1. The number of nitrogen functional groups attached to an aromatic ring is 2. The van der Waals surface area contributed by atoms with Crippen LogP contribution < -0.4 is 16.2 Å². The number of nitrogens with two attached hydrogens (primary N) is 2. The molecule has 0 aromatic carbocycles.